The van der Waals surface area contributed by atoms with E-state index in [4.69, 9.17) is 4.74 Å². The van der Waals surface area contributed by atoms with Crippen molar-refractivity contribution in [2.45, 2.75) is 25.9 Å². The van der Waals surface area contributed by atoms with Gasteiger partial charge < -0.3 is 4.74 Å². The summed E-state index contributed by atoms with van der Waals surface area (Å²) in [6.07, 6.45) is 6.55. The van der Waals surface area contributed by atoms with Gasteiger partial charge in [0.25, 0.3) is 0 Å². The molecule has 0 aliphatic carbocycles. The van der Waals surface area contributed by atoms with Gasteiger partial charge >= 0.3 is 0 Å². The Kier molecular flexibility index (Phi) is 2.36. The van der Waals surface area contributed by atoms with Crippen molar-refractivity contribution in [3.63, 3.8) is 0 Å². The smallest absolute Gasteiger partial charge is 0.0857 e. The lowest BCUT2D eigenvalue weighted by molar-refractivity contribution is -0.00636. The molecule has 0 spiro atoms. The summed E-state index contributed by atoms with van der Waals surface area (Å²) >= 11 is 0. The van der Waals surface area contributed by atoms with Crippen molar-refractivity contribution in [3.8, 4) is 0 Å². The maximum absolute atomic E-state index is 5.69. The third-order valence-corrected chi connectivity index (χ3v) is 2.64. The molecule has 2 heterocycles. The van der Waals surface area contributed by atoms with Gasteiger partial charge in [0.2, 0.25) is 0 Å². The molecule has 3 nitrogen and oxygen atoms in total. The Morgan fingerprint density at radius 2 is 2.46 bits per heavy atom. The summed E-state index contributed by atoms with van der Waals surface area (Å²) < 4.78 is 7.53. The molecule has 3 heteroatoms. The van der Waals surface area contributed by atoms with E-state index in [1.807, 2.05) is 24.1 Å². The van der Waals surface area contributed by atoms with Crippen LogP contribution in [0.2, 0.25) is 0 Å². The Balaban J connectivity index is 2.08. The Bertz CT molecular complexity index is 282. The van der Waals surface area contributed by atoms with Crippen LogP contribution >= 0.6 is 0 Å². The highest BCUT2D eigenvalue weighted by Gasteiger charge is 2.21. The van der Waals surface area contributed by atoms with Gasteiger partial charge in [0.05, 0.1) is 12.3 Å². The summed E-state index contributed by atoms with van der Waals surface area (Å²) in [4.78, 5) is 0. The topological polar surface area (TPSA) is 27.1 Å². The van der Waals surface area contributed by atoms with Crippen LogP contribution in [0.3, 0.4) is 0 Å². The largest absolute Gasteiger partial charge is 0.373 e. The van der Waals surface area contributed by atoms with Gasteiger partial charge in [-0.1, -0.05) is 6.92 Å². The fraction of sp³-hybridized carbons (Fsp3) is 0.700. The van der Waals surface area contributed by atoms with E-state index in [1.54, 1.807) is 0 Å². The number of hydrogen-bond acceptors (Lipinski definition) is 2. The summed E-state index contributed by atoms with van der Waals surface area (Å²) in [5.41, 5.74) is 1.22. The van der Waals surface area contributed by atoms with Gasteiger partial charge in [0, 0.05) is 25.4 Å². The summed E-state index contributed by atoms with van der Waals surface area (Å²) in [5, 5.41) is 4.15. The summed E-state index contributed by atoms with van der Waals surface area (Å²) in [5.74, 6) is 0.777. The van der Waals surface area contributed by atoms with E-state index < -0.39 is 0 Å². The molecule has 1 aromatic heterocycles. The van der Waals surface area contributed by atoms with Gasteiger partial charge in [-0.25, -0.2) is 0 Å². The standard InChI is InChI=1S/C10H16N2O/c1-8-3-4-13-10(5-8)9-6-11-12(2)7-9/h6-8,10H,3-5H2,1-2H3/t8-,10+/m0/s1. The number of nitrogens with zero attached hydrogens (tertiary/aromatic N) is 2. The summed E-state index contributed by atoms with van der Waals surface area (Å²) in [7, 11) is 1.94. The van der Waals surface area contributed by atoms with E-state index >= 15 is 0 Å². The molecule has 1 aliphatic rings. The summed E-state index contributed by atoms with van der Waals surface area (Å²) in [6, 6.07) is 0. The van der Waals surface area contributed by atoms with Gasteiger partial charge in [-0.05, 0) is 18.8 Å². The van der Waals surface area contributed by atoms with Crippen molar-refractivity contribution in [1.29, 1.82) is 0 Å². The normalized spacial score (nSPS) is 29.1. The number of ether oxygens (including phenoxy) is 1. The summed E-state index contributed by atoms with van der Waals surface area (Å²) in [6.45, 7) is 3.17. The van der Waals surface area contributed by atoms with Crippen LogP contribution in [0.5, 0.6) is 0 Å². The molecule has 0 aromatic carbocycles. The van der Waals surface area contributed by atoms with Crippen LogP contribution in [-0.4, -0.2) is 16.4 Å². The third-order valence-electron chi connectivity index (χ3n) is 2.64. The number of hydrogen-bond donors (Lipinski definition) is 0. The molecule has 0 amide bonds. The average Bonchev–Trinajstić information content (AvgIpc) is 2.52. The molecule has 0 bridgehead atoms. The zero-order valence-corrected chi connectivity index (χ0v) is 8.23. The lowest BCUT2D eigenvalue weighted by atomic mass is 9.95. The second kappa shape index (κ2) is 3.50. The van der Waals surface area contributed by atoms with Gasteiger partial charge in [0.15, 0.2) is 0 Å². The van der Waals surface area contributed by atoms with Crippen molar-refractivity contribution >= 4 is 0 Å². The van der Waals surface area contributed by atoms with Crippen LogP contribution < -0.4 is 0 Å². The predicted molar refractivity (Wildman–Crippen MR) is 50.3 cm³/mol. The fourth-order valence-corrected chi connectivity index (χ4v) is 1.80. The number of aromatic nitrogens is 2. The van der Waals surface area contributed by atoms with E-state index in [0.29, 0.717) is 0 Å². The highest BCUT2D eigenvalue weighted by atomic mass is 16.5. The maximum atomic E-state index is 5.69. The van der Waals surface area contributed by atoms with Crippen LogP contribution in [0.4, 0.5) is 0 Å². The molecule has 0 N–H and O–H groups in total. The van der Waals surface area contributed by atoms with Crippen molar-refractivity contribution in [2.24, 2.45) is 13.0 Å². The number of aryl methyl sites for hydroxylation is 1. The minimum absolute atomic E-state index is 0.275. The molecular weight excluding hydrogens is 164 g/mol. The minimum Gasteiger partial charge on any atom is -0.373 e. The number of rotatable bonds is 1. The fourth-order valence-electron chi connectivity index (χ4n) is 1.80. The molecule has 13 heavy (non-hydrogen) atoms. The van der Waals surface area contributed by atoms with Crippen LogP contribution in [-0.2, 0) is 11.8 Å². The Hall–Kier alpha value is -0.830. The van der Waals surface area contributed by atoms with E-state index in [0.717, 1.165) is 18.9 Å². The van der Waals surface area contributed by atoms with E-state index in [1.165, 1.54) is 12.0 Å². The molecule has 2 atom stereocenters. The highest BCUT2D eigenvalue weighted by molar-refractivity contribution is 5.08. The van der Waals surface area contributed by atoms with Gasteiger partial charge in [0.1, 0.15) is 0 Å². The molecule has 1 aliphatic heterocycles. The zero-order chi connectivity index (χ0) is 9.26. The quantitative estimate of drug-likeness (QED) is 0.660. The van der Waals surface area contributed by atoms with Crippen LogP contribution in [0.15, 0.2) is 12.4 Å². The van der Waals surface area contributed by atoms with Crippen molar-refractivity contribution in [3.05, 3.63) is 18.0 Å². The van der Waals surface area contributed by atoms with Crippen LogP contribution in [0.25, 0.3) is 0 Å². The zero-order valence-electron chi connectivity index (χ0n) is 8.23. The van der Waals surface area contributed by atoms with E-state index in [-0.39, 0.29) is 6.10 Å². The lowest BCUT2D eigenvalue weighted by Gasteiger charge is -2.26. The molecule has 1 aromatic rings. The first-order valence-corrected chi connectivity index (χ1v) is 4.86. The first-order chi connectivity index (χ1) is 6.25. The Labute approximate surface area is 78.7 Å². The second-order valence-corrected chi connectivity index (χ2v) is 3.94. The van der Waals surface area contributed by atoms with Gasteiger partial charge in [-0.15, -0.1) is 0 Å². The molecule has 1 saturated heterocycles. The Morgan fingerprint density at radius 3 is 3.08 bits per heavy atom. The van der Waals surface area contributed by atoms with Crippen molar-refractivity contribution in [1.82, 2.24) is 9.78 Å². The first kappa shape index (κ1) is 8.75. The molecule has 0 radical (unpaired) electrons. The van der Waals surface area contributed by atoms with Crippen molar-refractivity contribution in [2.75, 3.05) is 6.61 Å². The average molecular weight is 180 g/mol. The highest BCUT2D eigenvalue weighted by Crippen LogP contribution is 2.30. The lowest BCUT2D eigenvalue weighted by Crippen LogP contribution is -2.17. The monoisotopic (exact) mass is 180 g/mol. The Morgan fingerprint density at radius 1 is 1.62 bits per heavy atom. The SMILES string of the molecule is C[C@H]1CCO[C@@H](c2cnn(C)c2)C1. The van der Waals surface area contributed by atoms with Crippen LogP contribution in [0.1, 0.15) is 31.4 Å². The first-order valence-electron chi connectivity index (χ1n) is 4.86. The molecule has 72 valence electrons. The van der Waals surface area contributed by atoms with Gasteiger partial charge in [-0.3, -0.25) is 4.68 Å². The molecule has 2 rings (SSSR count). The predicted octanol–water partition coefficient (Wildman–Crippen LogP) is 1.91. The maximum Gasteiger partial charge on any atom is 0.0857 e. The van der Waals surface area contributed by atoms with Crippen LogP contribution in [0, 0.1) is 5.92 Å². The minimum atomic E-state index is 0.275. The van der Waals surface area contributed by atoms with E-state index in [9.17, 15) is 0 Å². The molecule has 0 unspecified atom stereocenters. The van der Waals surface area contributed by atoms with Crippen molar-refractivity contribution < 1.29 is 4.74 Å². The second-order valence-electron chi connectivity index (χ2n) is 3.94. The molecule has 1 fully saturated rings. The van der Waals surface area contributed by atoms with E-state index in [2.05, 4.69) is 12.0 Å². The molecule has 0 saturated carbocycles. The third kappa shape index (κ3) is 1.91. The molecular formula is C10H16N2O. The van der Waals surface area contributed by atoms with Gasteiger partial charge in [-0.2, -0.15) is 5.10 Å².